The smallest absolute Gasteiger partial charge is 0.247 e. The molecule has 1 aromatic heterocycles. The minimum atomic E-state index is -0.767. The molecule has 0 saturated carbocycles. The number of carbonyl (C=O) groups excluding carboxylic acids is 1. The van der Waals surface area contributed by atoms with Gasteiger partial charge in [-0.1, -0.05) is 49.4 Å². The molecule has 0 N–H and O–H groups in total. The van der Waals surface area contributed by atoms with E-state index in [1.54, 1.807) is 29.2 Å². The molecule has 0 radical (unpaired) electrons. The highest BCUT2D eigenvalue weighted by Crippen LogP contribution is 2.45. The summed E-state index contributed by atoms with van der Waals surface area (Å²) >= 11 is 1.52. The summed E-state index contributed by atoms with van der Waals surface area (Å²) in [6.07, 6.45) is -0.767. The van der Waals surface area contributed by atoms with E-state index in [0.717, 1.165) is 33.7 Å². The standard InChI is InChI=1S/C25H25N5O2S/c1-14(2)13-33-25-27-23-21(28-29-25)20-11-15(3)10-16(4)22(20)30(17(5)31)24(32-23)19-8-6-18(12-26)7-9-19/h6-11,14,24H,13H2,1-5H3. The van der Waals surface area contributed by atoms with Gasteiger partial charge in [-0.3, -0.25) is 9.69 Å². The Morgan fingerprint density at radius 3 is 2.58 bits per heavy atom. The van der Waals surface area contributed by atoms with Crippen molar-refractivity contribution in [3.05, 3.63) is 58.7 Å². The Morgan fingerprint density at radius 2 is 1.94 bits per heavy atom. The number of hydrogen-bond donors (Lipinski definition) is 0. The van der Waals surface area contributed by atoms with Gasteiger partial charge in [0.25, 0.3) is 0 Å². The lowest BCUT2D eigenvalue weighted by Crippen LogP contribution is -2.36. The third-order valence-electron chi connectivity index (χ3n) is 5.24. The third-order valence-corrected chi connectivity index (χ3v) is 6.51. The fraction of sp³-hybridized carbons (Fsp3) is 0.320. The van der Waals surface area contributed by atoms with Crippen LogP contribution < -0.4 is 9.64 Å². The van der Waals surface area contributed by atoms with Crippen LogP contribution in [0, 0.1) is 31.1 Å². The quantitative estimate of drug-likeness (QED) is 0.494. The molecule has 8 heteroatoms. The zero-order valence-corrected chi connectivity index (χ0v) is 20.1. The SMILES string of the molecule is CC(=O)N1c2c(C)cc(C)cc2-c2nnc(SCC(C)C)nc2OC1c1ccc(C#N)cc1. The second kappa shape index (κ2) is 9.20. The maximum atomic E-state index is 13.0. The molecular formula is C25H25N5O2S. The predicted molar refractivity (Wildman–Crippen MR) is 128 cm³/mol. The van der Waals surface area contributed by atoms with E-state index in [1.807, 2.05) is 26.0 Å². The van der Waals surface area contributed by atoms with E-state index in [1.165, 1.54) is 18.7 Å². The van der Waals surface area contributed by atoms with Crippen molar-refractivity contribution in [3.8, 4) is 23.2 Å². The Labute approximate surface area is 197 Å². The second-order valence-electron chi connectivity index (χ2n) is 8.52. The molecule has 7 nitrogen and oxygen atoms in total. The fourth-order valence-electron chi connectivity index (χ4n) is 3.85. The number of ether oxygens (including phenoxy) is 1. The van der Waals surface area contributed by atoms with Crippen LogP contribution in [-0.2, 0) is 4.79 Å². The van der Waals surface area contributed by atoms with Crippen LogP contribution in [-0.4, -0.2) is 26.8 Å². The first-order chi connectivity index (χ1) is 15.8. The van der Waals surface area contributed by atoms with Crippen molar-refractivity contribution >= 4 is 23.4 Å². The summed E-state index contributed by atoms with van der Waals surface area (Å²) < 4.78 is 6.41. The summed E-state index contributed by atoms with van der Waals surface area (Å²) in [5, 5.41) is 18.6. The van der Waals surface area contributed by atoms with Crippen LogP contribution in [0.2, 0.25) is 0 Å². The first-order valence-corrected chi connectivity index (χ1v) is 11.7. The van der Waals surface area contributed by atoms with E-state index in [4.69, 9.17) is 4.74 Å². The molecule has 33 heavy (non-hydrogen) atoms. The van der Waals surface area contributed by atoms with Crippen molar-refractivity contribution in [2.45, 2.75) is 46.0 Å². The monoisotopic (exact) mass is 459 g/mol. The van der Waals surface area contributed by atoms with Crippen LogP contribution in [0.1, 0.15) is 49.3 Å². The van der Waals surface area contributed by atoms with Gasteiger partial charge in [-0.05, 0) is 43.5 Å². The van der Waals surface area contributed by atoms with E-state index in [0.29, 0.717) is 28.2 Å². The van der Waals surface area contributed by atoms with Gasteiger partial charge in [-0.25, -0.2) is 0 Å². The fourth-order valence-corrected chi connectivity index (χ4v) is 4.58. The van der Waals surface area contributed by atoms with Gasteiger partial charge < -0.3 is 4.74 Å². The maximum Gasteiger partial charge on any atom is 0.247 e. The maximum absolute atomic E-state index is 13.0. The van der Waals surface area contributed by atoms with Crippen molar-refractivity contribution in [1.82, 2.24) is 15.2 Å². The molecule has 1 aliphatic heterocycles. The number of amides is 1. The van der Waals surface area contributed by atoms with Crippen LogP contribution in [0.25, 0.3) is 11.3 Å². The number of rotatable bonds is 4. The molecule has 0 aliphatic carbocycles. The van der Waals surface area contributed by atoms with Crippen molar-refractivity contribution < 1.29 is 9.53 Å². The van der Waals surface area contributed by atoms with Gasteiger partial charge in [0.1, 0.15) is 0 Å². The Balaban J connectivity index is 1.93. The molecule has 1 unspecified atom stereocenters. The Hall–Kier alpha value is -3.44. The average Bonchev–Trinajstić information content (AvgIpc) is 2.92. The largest absolute Gasteiger partial charge is 0.447 e. The number of carbonyl (C=O) groups is 1. The molecule has 4 rings (SSSR count). The molecule has 0 bridgehead atoms. The Kier molecular flexibility index (Phi) is 6.34. The molecule has 0 fully saturated rings. The molecule has 2 aromatic carbocycles. The number of benzene rings is 2. The lowest BCUT2D eigenvalue weighted by Gasteiger charge is -2.31. The molecule has 1 aliphatic rings. The van der Waals surface area contributed by atoms with Crippen molar-refractivity contribution in [3.63, 3.8) is 0 Å². The Morgan fingerprint density at radius 1 is 1.21 bits per heavy atom. The summed E-state index contributed by atoms with van der Waals surface area (Å²) in [6.45, 7) is 9.75. The van der Waals surface area contributed by atoms with Crippen LogP contribution in [0.3, 0.4) is 0 Å². The highest BCUT2D eigenvalue weighted by Gasteiger charge is 2.35. The number of fused-ring (bicyclic) bond motifs is 3. The number of anilines is 1. The highest BCUT2D eigenvalue weighted by atomic mass is 32.2. The number of aromatic nitrogens is 3. The number of nitrogens with zero attached hydrogens (tertiary/aromatic N) is 5. The van der Waals surface area contributed by atoms with Gasteiger partial charge in [0.05, 0.1) is 17.3 Å². The van der Waals surface area contributed by atoms with E-state index in [9.17, 15) is 10.1 Å². The van der Waals surface area contributed by atoms with Gasteiger partial charge in [-0.15, -0.1) is 10.2 Å². The number of aryl methyl sites for hydroxylation is 2. The van der Waals surface area contributed by atoms with Gasteiger partial charge in [-0.2, -0.15) is 10.2 Å². The van der Waals surface area contributed by atoms with E-state index >= 15 is 0 Å². The number of thioether (sulfide) groups is 1. The number of hydrogen-bond acceptors (Lipinski definition) is 7. The Bertz CT molecular complexity index is 1250. The third kappa shape index (κ3) is 4.55. The van der Waals surface area contributed by atoms with Gasteiger partial charge >= 0.3 is 0 Å². The predicted octanol–water partition coefficient (Wildman–Crippen LogP) is 5.22. The van der Waals surface area contributed by atoms with Gasteiger partial charge in [0, 0.05) is 23.8 Å². The van der Waals surface area contributed by atoms with Crippen molar-refractivity contribution in [2.24, 2.45) is 5.92 Å². The zero-order valence-electron chi connectivity index (χ0n) is 19.3. The topological polar surface area (TPSA) is 92.0 Å². The first-order valence-electron chi connectivity index (χ1n) is 10.7. The average molecular weight is 460 g/mol. The van der Waals surface area contributed by atoms with Crippen LogP contribution in [0.15, 0.2) is 41.6 Å². The molecular weight excluding hydrogens is 434 g/mol. The normalized spacial score (nSPS) is 14.7. The van der Waals surface area contributed by atoms with Crippen molar-refractivity contribution in [2.75, 3.05) is 10.7 Å². The van der Waals surface area contributed by atoms with E-state index in [-0.39, 0.29) is 5.91 Å². The lowest BCUT2D eigenvalue weighted by atomic mass is 10.00. The van der Waals surface area contributed by atoms with Gasteiger partial charge in [0.2, 0.25) is 23.2 Å². The van der Waals surface area contributed by atoms with Crippen molar-refractivity contribution in [1.29, 1.82) is 5.26 Å². The highest BCUT2D eigenvalue weighted by molar-refractivity contribution is 7.99. The molecule has 1 atom stereocenters. The molecule has 0 saturated heterocycles. The summed E-state index contributed by atoms with van der Waals surface area (Å²) in [5.41, 5.74) is 5.22. The van der Waals surface area contributed by atoms with Gasteiger partial charge in [0.15, 0.2) is 5.69 Å². The summed E-state index contributed by atoms with van der Waals surface area (Å²) in [4.78, 5) is 19.3. The molecule has 3 aromatic rings. The summed E-state index contributed by atoms with van der Waals surface area (Å²) in [5.74, 6) is 1.49. The minimum Gasteiger partial charge on any atom is -0.447 e. The lowest BCUT2D eigenvalue weighted by molar-refractivity contribution is -0.118. The molecule has 168 valence electrons. The van der Waals surface area contributed by atoms with Crippen LogP contribution >= 0.6 is 11.8 Å². The zero-order chi connectivity index (χ0) is 23.7. The van der Waals surface area contributed by atoms with E-state index < -0.39 is 6.23 Å². The summed E-state index contributed by atoms with van der Waals surface area (Å²) in [6, 6.07) is 13.2. The van der Waals surface area contributed by atoms with Crippen LogP contribution in [0.5, 0.6) is 5.88 Å². The molecule has 1 amide bonds. The second-order valence-corrected chi connectivity index (χ2v) is 9.51. The molecule has 2 heterocycles. The molecule has 0 spiro atoms. The number of nitriles is 1. The van der Waals surface area contributed by atoms with Crippen LogP contribution in [0.4, 0.5) is 5.69 Å². The first kappa shape index (κ1) is 22.7. The van der Waals surface area contributed by atoms with E-state index in [2.05, 4.69) is 35.1 Å². The minimum absolute atomic E-state index is 0.173. The summed E-state index contributed by atoms with van der Waals surface area (Å²) in [7, 11) is 0.